The molecule has 154 valence electrons. The fraction of sp³-hybridized carbons (Fsp3) is 0.103. The molecule has 4 aromatic carbocycles. The second-order valence-electron chi connectivity index (χ2n) is 7.47. The van der Waals surface area contributed by atoms with Gasteiger partial charge in [0.1, 0.15) is 12.4 Å². The Labute approximate surface area is 189 Å². The van der Waals surface area contributed by atoms with Gasteiger partial charge in [0.05, 0.1) is 5.38 Å². The molecule has 0 saturated carbocycles. The lowest BCUT2D eigenvalue weighted by Crippen LogP contribution is -1.96. The standard InChI is InChI=1S/C29H25ClO/c30-29(26-16-18-28(19-17-26)31-22-24-12-6-2-7-13-24)21-27(25-14-8-3-9-15-25)20-23-10-4-1-5-11-23/h1-19,21,29H,20,22H2/b27-21+. The summed E-state index contributed by atoms with van der Waals surface area (Å²) in [4.78, 5) is 0. The first-order valence-electron chi connectivity index (χ1n) is 10.5. The highest BCUT2D eigenvalue weighted by Crippen LogP contribution is 2.30. The monoisotopic (exact) mass is 424 g/mol. The van der Waals surface area contributed by atoms with Crippen molar-refractivity contribution in [3.8, 4) is 5.75 Å². The lowest BCUT2D eigenvalue weighted by atomic mass is 9.96. The molecule has 0 N–H and O–H groups in total. The van der Waals surface area contributed by atoms with Gasteiger partial charge in [-0.15, -0.1) is 11.6 Å². The van der Waals surface area contributed by atoms with E-state index < -0.39 is 0 Å². The van der Waals surface area contributed by atoms with Gasteiger partial charge in [0.2, 0.25) is 0 Å². The van der Waals surface area contributed by atoms with Crippen molar-refractivity contribution in [3.63, 3.8) is 0 Å². The maximum atomic E-state index is 6.83. The Kier molecular flexibility index (Phi) is 7.20. The minimum atomic E-state index is -0.220. The van der Waals surface area contributed by atoms with Crippen LogP contribution in [0.3, 0.4) is 0 Å². The lowest BCUT2D eigenvalue weighted by Gasteiger charge is -2.13. The third-order valence-corrected chi connectivity index (χ3v) is 5.55. The van der Waals surface area contributed by atoms with Crippen LogP contribution in [0.25, 0.3) is 5.57 Å². The van der Waals surface area contributed by atoms with Crippen molar-refractivity contribution in [1.82, 2.24) is 0 Å². The van der Waals surface area contributed by atoms with E-state index in [2.05, 4.69) is 66.7 Å². The zero-order chi connectivity index (χ0) is 21.3. The number of benzene rings is 4. The summed E-state index contributed by atoms with van der Waals surface area (Å²) in [5.41, 5.74) is 5.88. The summed E-state index contributed by atoms with van der Waals surface area (Å²) >= 11 is 6.83. The molecular formula is C29H25ClO. The Morgan fingerprint density at radius 3 is 1.84 bits per heavy atom. The van der Waals surface area contributed by atoms with Crippen LogP contribution >= 0.6 is 11.6 Å². The molecule has 4 rings (SSSR count). The molecule has 0 spiro atoms. The van der Waals surface area contributed by atoms with Crippen LogP contribution in [-0.4, -0.2) is 0 Å². The van der Waals surface area contributed by atoms with E-state index in [-0.39, 0.29) is 5.38 Å². The molecule has 4 aromatic rings. The molecule has 31 heavy (non-hydrogen) atoms. The van der Waals surface area contributed by atoms with E-state index in [0.29, 0.717) is 6.61 Å². The van der Waals surface area contributed by atoms with E-state index in [1.807, 2.05) is 54.6 Å². The average molecular weight is 425 g/mol. The summed E-state index contributed by atoms with van der Waals surface area (Å²) in [5.74, 6) is 0.841. The number of hydrogen-bond donors (Lipinski definition) is 0. The molecule has 0 saturated heterocycles. The van der Waals surface area contributed by atoms with E-state index >= 15 is 0 Å². The Morgan fingerprint density at radius 2 is 1.23 bits per heavy atom. The van der Waals surface area contributed by atoms with Gasteiger partial charge in [0.25, 0.3) is 0 Å². The molecule has 0 aliphatic rings. The van der Waals surface area contributed by atoms with E-state index in [9.17, 15) is 0 Å². The third-order valence-electron chi connectivity index (χ3n) is 5.18. The zero-order valence-electron chi connectivity index (χ0n) is 17.3. The van der Waals surface area contributed by atoms with Gasteiger partial charge in [-0.1, -0.05) is 109 Å². The highest BCUT2D eigenvalue weighted by molar-refractivity contribution is 6.22. The third kappa shape index (κ3) is 6.10. The van der Waals surface area contributed by atoms with Crippen molar-refractivity contribution in [1.29, 1.82) is 0 Å². The van der Waals surface area contributed by atoms with Gasteiger partial charge in [0, 0.05) is 0 Å². The molecule has 0 aliphatic carbocycles. The molecule has 1 unspecified atom stereocenters. The lowest BCUT2D eigenvalue weighted by molar-refractivity contribution is 0.306. The minimum absolute atomic E-state index is 0.220. The van der Waals surface area contributed by atoms with Crippen LogP contribution in [0.5, 0.6) is 5.75 Å². The maximum absolute atomic E-state index is 6.83. The SMILES string of the molecule is ClC(/C=C(\Cc1ccccc1)c1ccccc1)c1ccc(OCc2ccccc2)cc1. The first-order valence-corrected chi connectivity index (χ1v) is 10.9. The summed E-state index contributed by atoms with van der Waals surface area (Å²) in [7, 11) is 0. The Balaban J connectivity index is 1.49. The molecule has 0 aromatic heterocycles. The van der Waals surface area contributed by atoms with Gasteiger partial charge < -0.3 is 4.74 Å². The first kappa shape index (κ1) is 21.0. The molecule has 0 amide bonds. The molecule has 0 heterocycles. The summed E-state index contributed by atoms with van der Waals surface area (Å²) < 4.78 is 5.90. The molecule has 2 heteroatoms. The predicted molar refractivity (Wildman–Crippen MR) is 130 cm³/mol. The largest absolute Gasteiger partial charge is 0.489 e. The van der Waals surface area contributed by atoms with Gasteiger partial charge in [-0.05, 0) is 46.4 Å². The quantitative estimate of drug-likeness (QED) is 0.261. The van der Waals surface area contributed by atoms with Crippen LogP contribution in [0.1, 0.15) is 27.6 Å². The van der Waals surface area contributed by atoms with Gasteiger partial charge in [0.15, 0.2) is 0 Å². The highest BCUT2D eigenvalue weighted by Gasteiger charge is 2.10. The minimum Gasteiger partial charge on any atom is -0.489 e. The summed E-state index contributed by atoms with van der Waals surface area (Å²) in [6.45, 7) is 0.555. The van der Waals surface area contributed by atoms with Crippen LogP contribution in [0.15, 0.2) is 121 Å². The van der Waals surface area contributed by atoms with Crippen LogP contribution in [0.4, 0.5) is 0 Å². The number of hydrogen-bond acceptors (Lipinski definition) is 1. The average Bonchev–Trinajstić information content (AvgIpc) is 2.84. The second kappa shape index (κ2) is 10.7. The molecular weight excluding hydrogens is 400 g/mol. The van der Waals surface area contributed by atoms with Gasteiger partial charge >= 0.3 is 0 Å². The van der Waals surface area contributed by atoms with Gasteiger partial charge in [-0.3, -0.25) is 0 Å². The maximum Gasteiger partial charge on any atom is 0.119 e. The first-order chi connectivity index (χ1) is 15.3. The molecule has 1 atom stereocenters. The van der Waals surface area contributed by atoms with Crippen LogP contribution in [0, 0.1) is 0 Å². The van der Waals surface area contributed by atoms with Crippen LogP contribution < -0.4 is 4.74 Å². The Hall–Kier alpha value is -3.29. The summed E-state index contributed by atoms with van der Waals surface area (Å²) in [5, 5.41) is -0.220. The van der Waals surface area contributed by atoms with Gasteiger partial charge in [-0.25, -0.2) is 0 Å². The summed E-state index contributed by atoms with van der Waals surface area (Å²) in [6.07, 6.45) is 3.00. The number of allylic oxidation sites excluding steroid dienone is 2. The predicted octanol–water partition coefficient (Wildman–Crippen LogP) is 7.87. The molecule has 0 bridgehead atoms. The fourth-order valence-corrected chi connectivity index (χ4v) is 3.78. The summed E-state index contributed by atoms with van der Waals surface area (Å²) in [6, 6.07) is 39.2. The van der Waals surface area contributed by atoms with E-state index in [0.717, 1.165) is 23.3 Å². The zero-order valence-corrected chi connectivity index (χ0v) is 18.1. The van der Waals surface area contributed by atoms with E-state index in [1.165, 1.54) is 16.7 Å². The van der Waals surface area contributed by atoms with Crippen LogP contribution in [0.2, 0.25) is 0 Å². The molecule has 1 nitrogen and oxygen atoms in total. The Bertz CT molecular complexity index is 1090. The normalized spacial score (nSPS) is 12.4. The van der Waals surface area contributed by atoms with Crippen molar-refractivity contribution < 1.29 is 4.74 Å². The van der Waals surface area contributed by atoms with Crippen molar-refractivity contribution in [3.05, 3.63) is 144 Å². The molecule has 0 aliphatic heterocycles. The van der Waals surface area contributed by atoms with E-state index in [1.54, 1.807) is 0 Å². The van der Waals surface area contributed by atoms with Crippen molar-refractivity contribution in [2.75, 3.05) is 0 Å². The highest BCUT2D eigenvalue weighted by atomic mass is 35.5. The van der Waals surface area contributed by atoms with Gasteiger partial charge in [-0.2, -0.15) is 0 Å². The number of alkyl halides is 1. The van der Waals surface area contributed by atoms with Crippen LogP contribution in [-0.2, 0) is 13.0 Å². The topological polar surface area (TPSA) is 9.23 Å². The van der Waals surface area contributed by atoms with Crippen molar-refractivity contribution >= 4 is 17.2 Å². The van der Waals surface area contributed by atoms with Crippen molar-refractivity contribution in [2.24, 2.45) is 0 Å². The molecule has 0 radical (unpaired) electrons. The number of ether oxygens (including phenoxy) is 1. The number of halogens is 1. The fourth-order valence-electron chi connectivity index (χ4n) is 3.49. The van der Waals surface area contributed by atoms with Crippen molar-refractivity contribution in [2.45, 2.75) is 18.4 Å². The molecule has 0 fully saturated rings. The smallest absolute Gasteiger partial charge is 0.119 e. The Morgan fingerprint density at radius 1 is 0.677 bits per heavy atom. The number of rotatable bonds is 8. The van der Waals surface area contributed by atoms with E-state index in [4.69, 9.17) is 16.3 Å². The second-order valence-corrected chi connectivity index (χ2v) is 7.94.